The molecule has 0 amide bonds. The number of hydrogen-bond donors (Lipinski definition) is 0. The van der Waals surface area contributed by atoms with Crippen LogP contribution in [-0.2, 0) is 38.0 Å². The molecule has 8 nitrogen and oxygen atoms in total. The minimum absolute atomic E-state index is 0.0520. The fraction of sp³-hybridized carbons (Fsp3) is 0.857. The molecule has 0 N–H and O–H groups in total. The van der Waals surface area contributed by atoms with Crippen molar-refractivity contribution < 1.29 is 38.0 Å². The van der Waals surface area contributed by atoms with Crippen LogP contribution in [0.1, 0.15) is 27.7 Å². The van der Waals surface area contributed by atoms with E-state index in [1.165, 1.54) is 21.0 Å². The zero-order valence-corrected chi connectivity index (χ0v) is 13.4. The molecule has 2 aliphatic rings. The Morgan fingerprint density at radius 3 is 2.18 bits per heavy atom. The lowest BCUT2D eigenvalue weighted by atomic mass is 10.0. The number of hydrogen-bond acceptors (Lipinski definition) is 8. The van der Waals surface area contributed by atoms with E-state index >= 15 is 0 Å². The Labute approximate surface area is 128 Å². The maximum absolute atomic E-state index is 11.4. The highest BCUT2D eigenvalue weighted by Gasteiger charge is 2.55. The molecule has 0 aromatic carbocycles. The number of fused-ring (bicyclic) bond motifs is 1. The molecule has 2 aliphatic heterocycles. The summed E-state index contributed by atoms with van der Waals surface area (Å²) >= 11 is 0. The third kappa shape index (κ3) is 3.75. The Morgan fingerprint density at radius 1 is 1.05 bits per heavy atom. The summed E-state index contributed by atoms with van der Waals surface area (Å²) in [5, 5.41) is 0. The highest BCUT2D eigenvalue weighted by Crippen LogP contribution is 2.37. The Balaban J connectivity index is 2.30. The van der Waals surface area contributed by atoms with E-state index < -0.39 is 48.4 Å². The Morgan fingerprint density at radius 2 is 1.64 bits per heavy atom. The SMILES string of the molecule is CO[C@@H]1OC[C@@H](OC(C)=O)[C@H]2OC(C)(C)O[C@@H]2[C@H]1OC(C)=O. The summed E-state index contributed by atoms with van der Waals surface area (Å²) in [5.41, 5.74) is 0. The van der Waals surface area contributed by atoms with E-state index in [4.69, 9.17) is 28.4 Å². The van der Waals surface area contributed by atoms with Crippen LogP contribution in [0.15, 0.2) is 0 Å². The van der Waals surface area contributed by atoms with E-state index in [1.54, 1.807) is 13.8 Å². The molecule has 2 fully saturated rings. The quantitative estimate of drug-likeness (QED) is 0.690. The van der Waals surface area contributed by atoms with Crippen LogP contribution in [0.5, 0.6) is 0 Å². The lowest BCUT2D eigenvalue weighted by Crippen LogP contribution is -2.47. The topological polar surface area (TPSA) is 89.5 Å². The van der Waals surface area contributed by atoms with Crippen molar-refractivity contribution in [3.8, 4) is 0 Å². The maximum Gasteiger partial charge on any atom is 0.303 e. The van der Waals surface area contributed by atoms with Gasteiger partial charge in [-0.25, -0.2) is 0 Å². The first kappa shape index (κ1) is 17.1. The normalized spacial score (nSPS) is 37.0. The number of ether oxygens (including phenoxy) is 6. The summed E-state index contributed by atoms with van der Waals surface area (Å²) in [6.07, 6.45) is -3.63. The number of carbonyl (C=O) groups excluding carboxylic acids is 2. The standard InChI is InChI=1S/C14H22O8/c1-7(15)19-9-6-18-13(17-5)12(20-8(2)16)11-10(9)21-14(3,4)22-11/h9-13H,6H2,1-5H3/t9-,10-,11+,12-,13-/m1/s1. The fourth-order valence-corrected chi connectivity index (χ4v) is 2.72. The predicted octanol–water partition coefficient (Wildman–Crippen LogP) is 0.373. The van der Waals surface area contributed by atoms with Crippen LogP contribution in [0, 0.1) is 0 Å². The van der Waals surface area contributed by atoms with Gasteiger partial charge in [0.2, 0.25) is 0 Å². The van der Waals surface area contributed by atoms with Crippen molar-refractivity contribution in [2.45, 2.75) is 64.2 Å². The van der Waals surface area contributed by atoms with Crippen LogP contribution in [0.3, 0.4) is 0 Å². The van der Waals surface area contributed by atoms with E-state index in [9.17, 15) is 9.59 Å². The number of esters is 2. The lowest BCUT2D eigenvalue weighted by molar-refractivity contribution is -0.233. The third-order valence-electron chi connectivity index (χ3n) is 3.40. The summed E-state index contributed by atoms with van der Waals surface area (Å²) in [7, 11) is 1.43. The largest absolute Gasteiger partial charge is 0.457 e. The molecule has 126 valence electrons. The first-order valence-corrected chi connectivity index (χ1v) is 7.08. The molecule has 2 saturated heterocycles. The molecule has 2 rings (SSSR count). The fourth-order valence-electron chi connectivity index (χ4n) is 2.72. The van der Waals surface area contributed by atoms with E-state index in [2.05, 4.69) is 0 Å². The van der Waals surface area contributed by atoms with Gasteiger partial charge in [0.05, 0.1) is 6.61 Å². The van der Waals surface area contributed by atoms with Crippen LogP contribution in [-0.4, -0.2) is 62.1 Å². The highest BCUT2D eigenvalue weighted by molar-refractivity contribution is 5.66. The van der Waals surface area contributed by atoms with Gasteiger partial charge >= 0.3 is 11.9 Å². The molecule has 0 aliphatic carbocycles. The second-order valence-corrected chi connectivity index (χ2v) is 5.72. The lowest BCUT2D eigenvalue weighted by Gasteiger charge is -2.28. The number of carbonyl (C=O) groups is 2. The minimum Gasteiger partial charge on any atom is -0.457 e. The Kier molecular flexibility index (Phi) is 5.06. The molecule has 5 atom stereocenters. The van der Waals surface area contributed by atoms with Crippen molar-refractivity contribution in [3.63, 3.8) is 0 Å². The molecule has 22 heavy (non-hydrogen) atoms. The molecule has 0 aromatic heterocycles. The van der Waals surface area contributed by atoms with Crippen LogP contribution in [0.25, 0.3) is 0 Å². The maximum atomic E-state index is 11.4. The van der Waals surface area contributed by atoms with Crippen molar-refractivity contribution in [1.29, 1.82) is 0 Å². The van der Waals surface area contributed by atoms with Crippen molar-refractivity contribution in [3.05, 3.63) is 0 Å². The van der Waals surface area contributed by atoms with Gasteiger partial charge in [0, 0.05) is 21.0 Å². The summed E-state index contributed by atoms with van der Waals surface area (Å²) in [5.74, 6) is -1.85. The molecule has 0 unspecified atom stereocenters. The molecule has 0 bridgehead atoms. The summed E-state index contributed by atoms with van der Waals surface area (Å²) in [6.45, 7) is 6.12. The van der Waals surface area contributed by atoms with E-state index in [0.29, 0.717) is 0 Å². The molecular weight excluding hydrogens is 296 g/mol. The first-order valence-electron chi connectivity index (χ1n) is 7.08. The van der Waals surface area contributed by atoms with Crippen LogP contribution < -0.4 is 0 Å². The van der Waals surface area contributed by atoms with Crippen molar-refractivity contribution in [2.75, 3.05) is 13.7 Å². The van der Waals surface area contributed by atoms with E-state index in [-0.39, 0.29) is 6.61 Å². The van der Waals surface area contributed by atoms with Gasteiger partial charge in [0.1, 0.15) is 12.2 Å². The Bertz CT molecular complexity index is 435. The molecule has 2 heterocycles. The van der Waals surface area contributed by atoms with Gasteiger partial charge in [-0.3, -0.25) is 9.59 Å². The average molecular weight is 318 g/mol. The monoisotopic (exact) mass is 318 g/mol. The molecule has 0 spiro atoms. The van der Waals surface area contributed by atoms with Gasteiger partial charge in [-0.15, -0.1) is 0 Å². The smallest absolute Gasteiger partial charge is 0.303 e. The average Bonchev–Trinajstić information content (AvgIpc) is 2.65. The second kappa shape index (κ2) is 6.49. The summed E-state index contributed by atoms with van der Waals surface area (Å²) < 4.78 is 33.0. The van der Waals surface area contributed by atoms with Gasteiger partial charge in [-0.1, -0.05) is 0 Å². The van der Waals surface area contributed by atoms with Gasteiger partial charge in [-0.2, -0.15) is 0 Å². The van der Waals surface area contributed by atoms with Crippen molar-refractivity contribution >= 4 is 11.9 Å². The third-order valence-corrected chi connectivity index (χ3v) is 3.40. The van der Waals surface area contributed by atoms with E-state index in [0.717, 1.165) is 0 Å². The van der Waals surface area contributed by atoms with E-state index in [1.807, 2.05) is 0 Å². The van der Waals surface area contributed by atoms with Crippen LogP contribution in [0.4, 0.5) is 0 Å². The van der Waals surface area contributed by atoms with Crippen LogP contribution >= 0.6 is 0 Å². The van der Waals surface area contributed by atoms with Gasteiger partial charge in [-0.05, 0) is 13.8 Å². The molecule has 0 radical (unpaired) electrons. The molecular formula is C14H22O8. The molecule has 0 saturated carbocycles. The number of rotatable bonds is 3. The molecule has 0 aromatic rings. The Hall–Kier alpha value is -1.22. The van der Waals surface area contributed by atoms with Crippen molar-refractivity contribution in [1.82, 2.24) is 0 Å². The zero-order valence-electron chi connectivity index (χ0n) is 13.4. The van der Waals surface area contributed by atoms with Gasteiger partial charge < -0.3 is 28.4 Å². The number of methoxy groups -OCH3 is 1. The van der Waals surface area contributed by atoms with Crippen molar-refractivity contribution in [2.24, 2.45) is 0 Å². The summed E-state index contributed by atoms with van der Waals surface area (Å²) in [6, 6.07) is 0. The predicted molar refractivity (Wildman–Crippen MR) is 71.7 cm³/mol. The van der Waals surface area contributed by atoms with Crippen LogP contribution in [0.2, 0.25) is 0 Å². The second-order valence-electron chi connectivity index (χ2n) is 5.72. The first-order chi connectivity index (χ1) is 10.2. The van der Waals surface area contributed by atoms with Gasteiger partial charge in [0.25, 0.3) is 0 Å². The van der Waals surface area contributed by atoms with Gasteiger partial charge in [0.15, 0.2) is 24.3 Å². The highest BCUT2D eigenvalue weighted by atomic mass is 16.8. The zero-order chi connectivity index (χ0) is 16.5. The minimum atomic E-state index is -0.901. The molecule has 8 heteroatoms. The summed E-state index contributed by atoms with van der Waals surface area (Å²) in [4.78, 5) is 22.7.